The number of rotatable bonds is 5. The summed E-state index contributed by atoms with van der Waals surface area (Å²) in [7, 11) is -2.50. The zero-order chi connectivity index (χ0) is 17.9. The molecule has 2 aromatic rings. The summed E-state index contributed by atoms with van der Waals surface area (Å²) in [5, 5.41) is 6.75. The van der Waals surface area contributed by atoms with E-state index in [1.54, 1.807) is 24.3 Å². The number of nitrogens with zero attached hydrogens (tertiary/aromatic N) is 3. The van der Waals surface area contributed by atoms with Crippen molar-refractivity contribution in [1.29, 1.82) is 0 Å². The van der Waals surface area contributed by atoms with Crippen molar-refractivity contribution in [2.75, 3.05) is 39.2 Å². The highest BCUT2D eigenvalue weighted by molar-refractivity contribution is 7.91. The molecule has 1 aliphatic heterocycles. The van der Waals surface area contributed by atoms with Crippen LogP contribution >= 0.6 is 0 Å². The standard InChI is InChI=1S/C15H17N3O6S/c1-22-12-4-2-3-11(9-12)14-16-17-15(24-14)25(20,21)10-13(19)18-5-7-23-8-6-18/h2-4,9H,5-8,10H2,1H3. The molecule has 0 aliphatic carbocycles. The number of methoxy groups -OCH3 is 1. The van der Waals surface area contributed by atoms with E-state index in [2.05, 4.69) is 10.2 Å². The average Bonchev–Trinajstić information content (AvgIpc) is 3.13. The van der Waals surface area contributed by atoms with Gasteiger partial charge in [0.15, 0.2) is 0 Å². The molecule has 3 rings (SSSR count). The number of hydrogen-bond acceptors (Lipinski definition) is 8. The number of aromatic nitrogens is 2. The van der Waals surface area contributed by atoms with Gasteiger partial charge in [-0.3, -0.25) is 4.79 Å². The summed E-state index contributed by atoms with van der Waals surface area (Å²) in [4.78, 5) is 13.6. The van der Waals surface area contributed by atoms with Crippen molar-refractivity contribution in [2.45, 2.75) is 5.22 Å². The van der Waals surface area contributed by atoms with Crippen LogP contribution in [0.1, 0.15) is 0 Å². The largest absolute Gasteiger partial charge is 0.497 e. The maximum absolute atomic E-state index is 12.4. The molecule has 25 heavy (non-hydrogen) atoms. The summed E-state index contributed by atoms with van der Waals surface area (Å²) >= 11 is 0. The zero-order valence-corrected chi connectivity index (χ0v) is 14.4. The number of carbonyl (C=O) groups excluding carboxylic acids is 1. The van der Waals surface area contributed by atoms with Gasteiger partial charge < -0.3 is 18.8 Å². The molecule has 134 valence electrons. The van der Waals surface area contributed by atoms with Crippen LogP contribution in [-0.4, -0.2) is 68.6 Å². The van der Waals surface area contributed by atoms with Crippen LogP contribution in [0, 0.1) is 0 Å². The summed E-state index contributed by atoms with van der Waals surface area (Å²) in [6.07, 6.45) is 0. The molecule has 2 heterocycles. The molecule has 1 saturated heterocycles. The van der Waals surface area contributed by atoms with E-state index in [0.29, 0.717) is 37.6 Å². The van der Waals surface area contributed by atoms with E-state index in [9.17, 15) is 13.2 Å². The number of morpholine rings is 1. The first kappa shape index (κ1) is 17.4. The van der Waals surface area contributed by atoms with Gasteiger partial charge in [0.2, 0.25) is 21.6 Å². The van der Waals surface area contributed by atoms with E-state index in [1.807, 2.05) is 0 Å². The van der Waals surface area contributed by atoms with Gasteiger partial charge in [0.05, 0.1) is 20.3 Å². The number of hydrogen-bond donors (Lipinski definition) is 0. The van der Waals surface area contributed by atoms with Gasteiger partial charge in [-0.15, -0.1) is 5.10 Å². The Balaban J connectivity index is 1.76. The van der Waals surface area contributed by atoms with Crippen molar-refractivity contribution in [3.63, 3.8) is 0 Å². The normalized spacial score (nSPS) is 15.2. The highest BCUT2D eigenvalue weighted by atomic mass is 32.2. The van der Waals surface area contributed by atoms with Crippen LogP contribution in [0.25, 0.3) is 11.5 Å². The minimum Gasteiger partial charge on any atom is -0.497 e. The Labute approximate surface area is 144 Å². The Morgan fingerprint density at radius 1 is 1.28 bits per heavy atom. The Bertz CT molecular complexity index is 858. The lowest BCUT2D eigenvalue weighted by atomic mass is 10.2. The van der Waals surface area contributed by atoms with Crippen LogP contribution in [0.15, 0.2) is 33.9 Å². The number of carbonyl (C=O) groups is 1. The van der Waals surface area contributed by atoms with Gasteiger partial charge in [0, 0.05) is 18.7 Å². The van der Waals surface area contributed by atoms with E-state index < -0.39 is 26.7 Å². The van der Waals surface area contributed by atoms with Gasteiger partial charge >= 0.3 is 5.22 Å². The highest BCUT2D eigenvalue weighted by Gasteiger charge is 2.29. The Morgan fingerprint density at radius 2 is 2.04 bits per heavy atom. The predicted octanol–water partition coefficient (Wildman–Crippen LogP) is 0.378. The maximum atomic E-state index is 12.4. The predicted molar refractivity (Wildman–Crippen MR) is 85.7 cm³/mol. The molecule has 0 spiro atoms. The molecule has 1 fully saturated rings. The molecule has 1 aromatic heterocycles. The van der Waals surface area contributed by atoms with E-state index in [-0.39, 0.29) is 5.89 Å². The van der Waals surface area contributed by atoms with E-state index >= 15 is 0 Å². The van der Waals surface area contributed by atoms with Gasteiger partial charge in [0.25, 0.3) is 0 Å². The highest BCUT2D eigenvalue weighted by Crippen LogP contribution is 2.24. The topological polar surface area (TPSA) is 112 Å². The summed E-state index contributed by atoms with van der Waals surface area (Å²) in [5.74, 6) is -0.615. The fraction of sp³-hybridized carbons (Fsp3) is 0.400. The summed E-state index contributed by atoms with van der Waals surface area (Å²) in [6, 6.07) is 6.78. The second kappa shape index (κ2) is 7.19. The van der Waals surface area contributed by atoms with Crippen LogP contribution in [0.2, 0.25) is 0 Å². The van der Waals surface area contributed by atoms with Crippen LogP contribution < -0.4 is 4.74 Å². The third-order valence-corrected chi connectivity index (χ3v) is 4.99. The quantitative estimate of drug-likeness (QED) is 0.745. The van der Waals surface area contributed by atoms with Crippen molar-refractivity contribution in [2.24, 2.45) is 0 Å². The van der Waals surface area contributed by atoms with Crippen molar-refractivity contribution in [3.8, 4) is 17.2 Å². The smallest absolute Gasteiger partial charge is 0.336 e. The first-order valence-electron chi connectivity index (χ1n) is 7.56. The van der Waals surface area contributed by atoms with Crippen LogP contribution in [-0.2, 0) is 19.4 Å². The van der Waals surface area contributed by atoms with Crippen molar-refractivity contribution < 1.29 is 27.1 Å². The fourth-order valence-electron chi connectivity index (χ4n) is 2.34. The van der Waals surface area contributed by atoms with Gasteiger partial charge in [0.1, 0.15) is 11.5 Å². The molecule has 1 amide bonds. The molecule has 10 heteroatoms. The second-order valence-corrected chi connectivity index (χ2v) is 7.22. The lowest BCUT2D eigenvalue weighted by Gasteiger charge is -2.26. The number of sulfone groups is 1. The molecule has 9 nitrogen and oxygen atoms in total. The molecule has 0 atom stereocenters. The van der Waals surface area contributed by atoms with E-state index in [1.165, 1.54) is 12.0 Å². The molecule has 1 aliphatic rings. The molecule has 0 radical (unpaired) electrons. The zero-order valence-electron chi connectivity index (χ0n) is 13.5. The molecular weight excluding hydrogens is 350 g/mol. The first-order valence-corrected chi connectivity index (χ1v) is 9.21. The van der Waals surface area contributed by atoms with Crippen LogP contribution in [0.4, 0.5) is 0 Å². The lowest BCUT2D eigenvalue weighted by molar-refractivity contribution is -0.132. The molecule has 1 aromatic carbocycles. The van der Waals surface area contributed by atoms with Crippen LogP contribution in [0.3, 0.4) is 0 Å². The van der Waals surface area contributed by atoms with Gasteiger partial charge in [-0.2, -0.15) is 0 Å². The molecule has 0 unspecified atom stereocenters. The Morgan fingerprint density at radius 3 is 2.76 bits per heavy atom. The monoisotopic (exact) mass is 367 g/mol. The fourth-order valence-corrected chi connectivity index (χ4v) is 3.34. The summed E-state index contributed by atoms with van der Waals surface area (Å²) in [6.45, 7) is 1.53. The summed E-state index contributed by atoms with van der Waals surface area (Å²) in [5.41, 5.74) is 0.521. The molecule has 0 N–H and O–H groups in total. The van der Waals surface area contributed by atoms with Gasteiger partial charge in [-0.1, -0.05) is 11.2 Å². The summed E-state index contributed by atoms with van der Waals surface area (Å²) < 4.78 is 40.2. The third-order valence-electron chi connectivity index (χ3n) is 3.67. The number of benzene rings is 1. The van der Waals surface area contributed by atoms with Crippen molar-refractivity contribution >= 4 is 15.7 Å². The van der Waals surface area contributed by atoms with Crippen LogP contribution in [0.5, 0.6) is 5.75 Å². The van der Waals surface area contributed by atoms with E-state index in [0.717, 1.165) is 0 Å². The van der Waals surface area contributed by atoms with Crippen molar-refractivity contribution in [1.82, 2.24) is 15.1 Å². The van der Waals surface area contributed by atoms with Gasteiger partial charge in [-0.25, -0.2) is 8.42 Å². The van der Waals surface area contributed by atoms with Gasteiger partial charge in [-0.05, 0) is 18.2 Å². The average molecular weight is 367 g/mol. The number of amides is 1. The minimum atomic E-state index is -4.02. The number of ether oxygens (including phenoxy) is 2. The van der Waals surface area contributed by atoms with E-state index in [4.69, 9.17) is 13.9 Å². The van der Waals surface area contributed by atoms with Crippen molar-refractivity contribution in [3.05, 3.63) is 24.3 Å². The first-order chi connectivity index (χ1) is 12.0. The molecular formula is C15H17N3O6S. The third kappa shape index (κ3) is 3.97. The lowest BCUT2D eigenvalue weighted by Crippen LogP contribution is -2.43. The molecule has 0 bridgehead atoms. The molecule has 0 saturated carbocycles. The Hall–Kier alpha value is -2.46. The minimum absolute atomic E-state index is 0.0382. The SMILES string of the molecule is COc1cccc(-c2nnc(S(=O)(=O)CC(=O)N3CCOCC3)o2)c1. The maximum Gasteiger partial charge on any atom is 0.336 e. The second-order valence-electron chi connectivity index (χ2n) is 5.36. The Kier molecular flexibility index (Phi) is 5.00.